The smallest absolute Gasteiger partial charge is 0.239 e. The van der Waals surface area contributed by atoms with E-state index < -0.39 is 0 Å². The lowest BCUT2D eigenvalue weighted by molar-refractivity contribution is -0.130. The van der Waals surface area contributed by atoms with Gasteiger partial charge in [-0.05, 0) is 58.3 Å². The maximum Gasteiger partial charge on any atom is 0.239 e. The maximum atomic E-state index is 11.9. The number of hydrogen-bond donors (Lipinski definition) is 1. The summed E-state index contributed by atoms with van der Waals surface area (Å²) in [6, 6.07) is 0.140. The molecular weight excluding hydrogens is 214 g/mol. The Morgan fingerprint density at radius 3 is 2.65 bits per heavy atom. The summed E-state index contributed by atoms with van der Waals surface area (Å²) in [7, 11) is 4.01. The van der Waals surface area contributed by atoms with Gasteiger partial charge < -0.3 is 10.2 Å². The van der Waals surface area contributed by atoms with E-state index in [-0.39, 0.29) is 6.04 Å². The van der Waals surface area contributed by atoms with Crippen molar-refractivity contribution >= 4 is 5.91 Å². The molecule has 0 aromatic heterocycles. The molecule has 2 aliphatic rings. The molecule has 1 unspecified atom stereocenters. The fraction of sp³-hybridized carbons (Fsp3) is 0.923. The number of amides is 1. The minimum Gasteiger partial charge on any atom is -0.344 e. The van der Waals surface area contributed by atoms with Crippen LogP contribution in [0, 0.1) is 5.92 Å². The molecular formula is C13H25N3O. The van der Waals surface area contributed by atoms with Crippen molar-refractivity contribution in [1.29, 1.82) is 0 Å². The summed E-state index contributed by atoms with van der Waals surface area (Å²) in [4.78, 5) is 16.0. The predicted molar refractivity (Wildman–Crippen MR) is 68.9 cm³/mol. The fourth-order valence-corrected chi connectivity index (χ4v) is 2.93. The van der Waals surface area contributed by atoms with Gasteiger partial charge in [-0.1, -0.05) is 0 Å². The summed E-state index contributed by atoms with van der Waals surface area (Å²) in [5.74, 6) is 1.16. The third-order valence-corrected chi connectivity index (χ3v) is 4.28. The van der Waals surface area contributed by atoms with E-state index in [2.05, 4.69) is 17.3 Å². The molecule has 2 rings (SSSR count). The lowest BCUT2D eigenvalue weighted by Gasteiger charge is -2.27. The Balaban J connectivity index is 1.73. The van der Waals surface area contributed by atoms with E-state index in [1.165, 1.54) is 32.4 Å². The normalized spacial score (nSPS) is 27.1. The van der Waals surface area contributed by atoms with E-state index in [1.807, 2.05) is 11.9 Å². The van der Waals surface area contributed by atoms with Crippen LogP contribution in [0.25, 0.3) is 0 Å². The topological polar surface area (TPSA) is 35.6 Å². The molecule has 17 heavy (non-hydrogen) atoms. The van der Waals surface area contributed by atoms with Gasteiger partial charge in [-0.2, -0.15) is 0 Å². The summed E-state index contributed by atoms with van der Waals surface area (Å²) < 4.78 is 0. The molecule has 4 heteroatoms. The van der Waals surface area contributed by atoms with Crippen LogP contribution in [-0.2, 0) is 4.79 Å². The van der Waals surface area contributed by atoms with Crippen molar-refractivity contribution in [3.63, 3.8) is 0 Å². The van der Waals surface area contributed by atoms with Gasteiger partial charge in [-0.15, -0.1) is 0 Å². The second-order valence-corrected chi connectivity index (χ2v) is 5.53. The average molecular weight is 239 g/mol. The first-order valence-corrected chi connectivity index (χ1v) is 6.84. The van der Waals surface area contributed by atoms with Gasteiger partial charge in [0.05, 0.1) is 6.04 Å². The van der Waals surface area contributed by atoms with Crippen LogP contribution in [-0.4, -0.2) is 62.0 Å². The summed E-state index contributed by atoms with van der Waals surface area (Å²) in [6.45, 7) is 4.31. The number of hydrogen-bond acceptors (Lipinski definition) is 3. The first kappa shape index (κ1) is 12.8. The monoisotopic (exact) mass is 239 g/mol. The predicted octanol–water partition coefficient (Wildman–Crippen LogP) is 0.539. The van der Waals surface area contributed by atoms with Crippen molar-refractivity contribution in [2.45, 2.75) is 31.7 Å². The second kappa shape index (κ2) is 5.83. The van der Waals surface area contributed by atoms with Crippen molar-refractivity contribution in [2.24, 2.45) is 5.92 Å². The highest BCUT2D eigenvalue weighted by atomic mass is 16.2. The van der Waals surface area contributed by atoms with Crippen LogP contribution < -0.4 is 5.32 Å². The third kappa shape index (κ3) is 3.19. The summed E-state index contributed by atoms with van der Waals surface area (Å²) >= 11 is 0. The highest BCUT2D eigenvalue weighted by Crippen LogP contribution is 2.19. The Labute approximate surface area is 104 Å². The minimum absolute atomic E-state index is 0.140. The molecule has 1 N–H and O–H groups in total. The van der Waals surface area contributed by atoms with Crippen LogP contribution in [0.5, 0.6) is 0 Å². The molecule has 0 bridgehead atoms. The zero-order valence-corrected chi connectivity index (χ0v) is 11.1. The molecule has 2 fully saturated rings. The maximum absolute atomic E-state index is 11.9. The van der Waals surface area contributed by atoms with E-state index >= 15 is 0 Å². The lowest BCUT2D eigenvalue weighted by Crippen LogP contribution is -2.40. The first-order valence-electron chi connectivity index (χ1n) is 6.84. The highest BCUT2D eigenvalue weighted by molar-refractivity contribution is 5.83. The molecule has 2 aliphatic heterocycles. The number of rotatable bonds is 4. The minimum atomic E-state index is 0.140. The number of likely N-dealkylation sites (tertiary alicyclic amines) is 1. The molecule has 1 atom stereocenters. The van der Waals surface area contributed by atoms with Gasteiger partial charge >= 0.3 is 0 Å². The van der Waals surface area contributed by atoms with Gasteiger partial charge in [0.15, 0.2) is 0 Å². The quantitative estimate of drug-likeness (QED) is 0.778. The molecule has 0 radical (unpaired) electrons. The van der Waals surface area contributed by atoms with E-state index in [0.717, 1.165) is 25.4 Å². The van der Waals surface area contributed by atoms with Crippen LogP contribution in [0.3, 0.4) is 0 Å². The molecule has 4 nitrogen and oxygen atoms in total. The van der Waals surface area contributed by atoms with Crippen LogP contribution in [0.2, 0.25) is 0 Å². The van der Waals surface area contributed by atoms with E-state index in [9.17, 15) is 4.79 Å². The Morgan fingerprint density at radius 2 is 2.06 bits per heavy atom. The average Bonchev–Trinajstić information content (AvgIpc) is 2.69. The third-order valence-electron chi connectivity index (χ3n) is 4.28. The van der Waals surface area contributed by atoms with Crippen molar-refractivity contribution in [1.82, 2.24) is 15.1 Å². The molecule has 2 saturated heterocycles. The number of carbonyl (C=O) groups excluding carboxylic acids is 1. The molecule has 0 aromatic carbocycles. The van der Waals surface area contributed by atoms with Gasteiger partial charge in [0, 0.05) is 13.6 Å². The Hall–Kier alpha value is -0.610. The zero-order valence-electron chi connectivity index (χ0n) is 11.1. The standard InChI is InChI=1S/C13H25N3O/c1-15(12-6-10-16(2)13(12)17)9-5-11-3-7-14-8-4-11/h11-12,14H,3-10H2,1-2H3. The summed E-state index contributed by atoms with van der Waals surface area (Å²) in [5.41, 5.74) is 0. The second-order valence-electron chi connectivity index (χ2n) is 5.53. The van der Waals surface area contributed by atoms with Crippen molar-refractivity contribution in [3.05, 3.63) is 0 Å². The summed E-state index contributed by atoms with van der Waals surface area (Å²) in [5, 5.41) is 3.40. The molecule has 0 spiro atoms. The van der Waals surface area contributed by atoms with Crippen molar-refractivity contribution < 1.29 is 4.79 Å². The fourth-order valence-electron chi connectivity index (χ4n) is 2.93. The highest BCUT2D eigenvalue weighted by Gasteiger charge is 2.32. The number of likely N-dealkylation sites (N-methyl/N-ethyl adjacent to an activating group) is 2. The number of piperidine rings is 1. The molecule has 0 aromatic rings. The van der Waals surface area contributed by atoms with Gasteiger partial charge in [0.1, 0.15) is 0 Å². The van der Waals surface area contributed by atoms with E-state index in [0.29, 0.717) is 5.91 Å². The largest absolute Gasteiger partial charge is 0.344 e. The van der Waals surface area contributed by atoms with Crippen molar-refractivity contribution in [3.8, 4) is 0 Å². The van der Waals surface area contributed by atoms with E-state index in [4.69, 9.17) is 0 Å². The zero-order chi connectivity index (χ0) is 12.3. The Kier molecular flexibility index (Phi) is 4.40. The molecule has 0 aliphatic carbocycles. The van der Waals surface area contributed by atoms with Crippen LogP contribution in [0.4, 0.5) is 0 Å². The van der Waals surface area contributed by atoms with Gasteiger partial charge in [-0.25, -0.2) is 0 Å². The number of carbonyl (C=O) groups is 1. The lowest BCUT2D eigenvalue weighted by atomic mass is 9.94. The molecule has 0 saturated carbocycles. The van der Waals surface area contributed by atoms with E-state index in [1.54, 1.807) is 0 Å². The SMILES string of the molecule is CN1CCC(N(C)CCC2CCNCC2)C1=O. The molecule has 98 valence electrons. The first-order chi connectivity index (χ1) is 8.18. The number of nitrogens with one attached hydrogen (secondary N) is 1. The Bertz CT molecular complexity index is 263. The molecule has 1 amide bonds. The molecule has 2 heterocycles. The number of nitrogens with zero attached hydrogens (tertiary/aromatic N) is 2. The van der Waals surface area contributed by atoms with Crippen LogP contribution >= 0.6 is 0 Å². The summed E-state index contributed by atoms with van der Waals surface area (Å²) in [6.07, 6.45) is 4.84. The van der Waals surface area contributed by atoms with Gasteiger partial charge in [-0.3, -0.25) is 9.69 Å². The van der Waals surface area contributed by atoms with Gasteiger partial charge in [0.25, 0.3) is 0 Å². The van der Waals surface area contributed by atoms with Crippen molar-refractivity contribution in [2.75, 3.05) is 40.3 Å². The van der Waals surface area contributed by atoms with Crippen LogP contribution in [0.15, 0.2) is 0 Å². The van der Waals surface area contributed by atoms with Crippen LogP contribution in [0.1, 0.15) is 25.7 Å². The Morgan fingerprint density at radius 1 is 1.35 bits per heavy atom. The van der Waals surface area contributed by atoms with Gasteiger partial charge in [0.2, 0.25) is 5.91 Å².